The molecular formula is C19H18O3. The molecule has 1 aliphatic carbocycles. The van der Waals surface area contributed by atoms with E-state index in [0.29, 0.717) is 28.0 Å². The standard InChI is InChI=1S/C19H18O3/c1-3-4-7-12-10-11-15-16(19(12)22-2)18(21)14-9-6-5-8-13(14)17(15)20/h5-6,8-11H,3-4,7H2,1-2H3. The summed E-state index contributed by atoms with van der Waals surface area (Å²) in [6, 6.07) is 10.6. The van der Waals surface area contributed by atoms with Gasteiger partial charge in [-0.3, -0.25) is 9.59 Å². The third kappa shape index (κ3) is 2.13. The molecule has 22 heavy (non-hydrogen) atoms. The minimum Gasteiger partial charge on any atom is -0.496 e. The van der Waals surface area contributed by atoms with Gasteiger partial charge >= 0.3 is 0 Å². The van der Waals surface area contributed by atoms with Crippen molar-refractivity contribution in [3.8, 4) is 5.75 Å². The lowest BCUT2D eigenvalue weighted by Crippen LogP contribution is -2.22. The van der Waals surface area contributed by atoms with E-state index < -0.39 is 0 Å². The van der Waals surface area contributed by atoms with Crippen molar-refractivity contribution in [2.45, 2.75) is 26.2 Å². The minimum absolute atomic E-state index is 0.106. The molecule has 0 unspecified atom stereocenters. The zero-order valence-corrected chi connectivity index (χ0v) is 12.8. The smallest absolute Gasteiger partial charge is 0.198 e. The molecule has 0 N–H and O–H groups in total. The molecule has 0 spiro atoms. The van der Waals surface area contributed by atoms with E-state index in [2.05, 4.69) is 6.92 Å². The molecular weight excluding hydrogens is 276 g/mol. The van der Waals surface area contributed by atoms with Gasteiger partial charge in [-0.05, 0) is 24.5 Å². The molecule has 3 heteroatoms. The van der Waals surface area contributed by atoms with Crippen LogP contribution in [0.5, 0.6) is 5.75 Å². The first-order valence-electron chi connectivity index (χ1n) is 7.57. The number of carbonyl (C=O) groups is 2. The zero-order chi connectivity index (χ0) is 15.7. The molecule has 0 aromatic heterocycles. The summed E-state index contributed by atoms with van der Waals surface area (Å²) in [5.41, 5.74) is 2.79. The molecule has 2 aromatic carbocycles. The topological polar surface area (TPSA) is 43.4 Å². The van der Waals surface area contributed by atoms with Crippen LogP contribution < -0.4 is 4.74 Å². The van der Waals surface area contributed by atoms with E-state index in [1.54, 1.807) is 37.4 Å². The fourth-order valence-electron chi connectivity index (χ4n) is 3.00. The molecule has 3 rings (SSSR count). The van der Waals surface area contributed by atoms with Gasteiger partial charge in [-0.2, -0.15) is 0 Å². The predicted octanol–water partition coefficient (Wildman–Crippen LogP) is 3.81. The van der Waals surface area contributed by atoms with Gasteiger partial charge in [0, 0.05) is 16.7 Å². The molecule has 0 fully saturated rings. The van der Waals surface area contributed by atoms with Crippen LogP contribution in [-0.2, 0) is 6.42 Å². The molecule has 0 aliphatic heterocycles. The van der Waals surface area contributed by atoms with Crippen LogP contribution >= 0.6 is 0 Å². The Morgan fingerprint density at radius 1 is 0.909 bits per heavy atom. The van der Waals surface area contributed by atoms with Crippen molar-refractivity contribution < 1.29 is 14.3 Å². The maximum Gasteiger partial charge on any atom is 0.198 e. The summed E-state index contributed by atoms with van der Waals surface area (Å²) in [7, 11) is 1.56. The van der Waals surface area contributed by atoms with E-state index in [1.807, 2.05) is 6.07 Å². The van der Waals surface area contributed by atoms with Gasteiger partial charge in [-0.15, -0.1) is 0 Å². The van der Waals surface area contributed by atoms with Crippen molar-refractivity contribution in [2.75, 3.05) is 7.11 Å². The second-order valence-electron chi connectivity index (χ2n) is 5.49. The maximum absolute atomic E-state index is 12.8. The Bertz CT molecular complexity index is 759. The number of fused-ring (bicyclic) bond motifs is 2. The lowest BCUT2D eigenvalue weighted by molar-refractivity contribution is 0.0976. The number of unbranched alkanes of at least 4 members (excludes halogenated alkanes) is 1. The lowest BCUT2D eigenvalue weighted by atomic mass is 9.82. The summed E-state index contributed by atoms with van der Waals surface area (Å²) in [6.07, 6.45) is 2.93. The number of hydrogen-bond acceptors (Lipinski definition) is 3. The third-order valence-corrected chi connectivity index (χ3v) is 4.13. The van der Waals surface area contributed by atoms with Crippen molar-refractivity contribution in [3.63, 3.8) is 0 Å². The minimum atomic E-state index is -0.125. The molecule has 0 radical (unpaired) electrons. The summed E-state index contributed by atoms with van der Waals surface area (Å²) in [5, 5.41) is 0. The largest absolute Gasteiger partial charge is 0.496 e. The Balaban J connectivity index is 2.20. The van der Waals surface area contributed by atoms with E-state index >= 15 is 0 Å². The number of carbonyl (C=O) groups excluding carboxylic acids is 2. The van der Waals surface area contributed by atoms with Crippen molar-refractivity contribution in [1.29, 1.82) is 0 Å². The number of aryl methyl sites for hydroxylation is 1. The van der Waals surface area contributed by atoms with Gasteiger partial charge < -0.3 is 4.74 Å². The van der Waals surface area contributed by atoms with Crippen LogP contribution in [-0.4, -0.2) is 18.7 Å². The molecule has 0 saturated heterocycles. The number of hydrogen-bond donors (Lipinski definition) is 0. The van der Waals surface area contributed by atoms with Crippen LogP contribution in [0.1, 0.15) is 57.2 Å². The summed E-state index contributed by atoms with van der Waals surface area (Å²) >= 11 is 0. The van der Waals surface area contributed by atoms with Crippen molar-refractivity contribution in [1.82, 2.24) is 0 Å². The first-order valence-corrected chi connectivity index (χ1v) is 7.57. The van der Waals surface area contributed by atoms with Crippen LogP contribution in [0.4, 0.5) is 0 Å². The highest BCUT2D eigenvalue weighted by atomic mass is 16.5. The molecule has 112 valence electrons. The fraction of sp³-hybridized carbons (Fsp3) is 0.263. The molecule has 0 saturated carbocycles. The Morgan fingerprint density at radius 3 is 2.23 bits per heavy atom. The van der Waals surface area contributed by atoms with Crippen molar-refractivity contribution in [3.05, 3.63) is 64.2 Å². The molecule has 3 nitrogen and oxygen atoms in total. The van der Waals surface area contributed by atoms with Gasteiger partial charge in [0.15, 0.2) is 11.6 Å². The highest BCUT2D eigenvalue weighted by Gasteiger charge is 2.32. The van der Waals surface area contributed by atoms with Gasteiger partial charge in [-0.1, -0.05) is 43.7 Å². The molecule has 0 amide bonds. The quantitative estimate of drug-likeness (QED) is 0.735. The van der Waals surface area contributed by atoms with Crippen LogP contribution in [0, 0.1) is 0 Å². The molecule has 0 atom stereocenters. The van der Waals surface area contributed by atoms with Gasteiger partial charge in [0.2, 0.25) is 0 Å². The van der Waals surface area contributed by atoms with E-state index in [9.17, 15) is 9.59 Å². The van der Waals surface area contributed by atoms with Crippen LogP contribution in [0.25, 0.3) is 0 Å². The van der Waals surface area contributed by atoms with Gasteiger partial charge in [0.1, 0.15) is 5.75 Å². The molecule has 1 aliphatic rings. The van der Waals surface area contributed by atoms with Crippen LogP contribution in [0.15, 0.2) is 36.4 Å². The monoisotopic (exact) mass is 294 g/mol. The molecule has 0 heterocycles. The number of rotatable bonds is 4. The number of ether oxygens (including phenoxy) is 1. The van der Waals surface area contributed by atoms with Crippen LogP contribution in [0.3, 0.4) is 0 Å². The molecule has 2 aromatic rings. The van der Waals surface area contributed by atoms with E-state index in [0.717, 1.165) is 24.8 Å². The first-order chi connectivity index (χ1) is 10.7. The van der Waals surface area contributed by atoms with Crippen LogP contribution in [0.2, 0.25) is 0 Å². The Hall–Kier alpha value is -2.42. The van der Waals surface area contributed by atoms with E-state index in [4.69, 9.17) is 4.74 Å². The SMILES string of the molecule is CCCCc1ccc2c(c1OC)C(=O)c1ccccc1C2=O. The average molecular weight is 294 g/mol. The fourth-order valence-corrected chi connectivity index (χ4v) is 3.00. The number of ketones is 2. The van der Waals surface area contributed by atoms with Crippen molar-refractivity contribution >= 4 is 11.6 Å². The zero-order valence-electron chi connectivity index (χ0n) is 12.8. The lowest BCUT2D eigenvalue weighted by Gasteiger charge is -2.21. The molecule has 0 bridgehead atoms. The summed E-state index contributed by atoms with van der Waals surface area (Å²) in [5.74, 6) is 0.324. The number of methoxy groups -OCH3 is 1. The van der Waals surface area contributed by atoms with Gasteiger partial charge in [0.05, 0.1) is 12.7 Å². The predicted molar refractivity (Wildman–Crippen MR) is 84.9 cm³/mol. The Labute approximate surface area is 129 Å². The van der Waals surface area contributed by atoms with Gasteiger partial charge in [0.25, 0.3) is 0 Å². The first kappa shape index (κ1) is 14.5. The Kier molecular flexibility index (Phi) is 3.80. The second kappa shape index (κ2) is 5.76. The summed E-state index contributed by atoms with van der Waals surface area (Å²) in [6.45, 7) is 2.12. The normalized spacial score (nSPS) is 12.8. The Morgan fingerprint density at radius 2 is 1.59 bits per heavy atom. The summed E-state index contributed by atoms with van der Waals surface area (Å²) in [4.78, 5) is 25.5. The van der Waals surface area contributed by atoms with E-state index in [-0.39, 0.29) is 11.6 Å². The average Bonchev–Trinajstić information content (AvgIpc) is 2.57. The number of benzene rings is 2. The van der Waals surface area contributed by atoms with Crippen molar-refractivity contribution in [2.24, 2.45) is 0 Å². The highest BCUT2D eigenvalue weighted by molar-refractivity contribution is 6.29. The van der Waals surface area contributed by atoms with Gasteiger partial charge in [-0.25, -0.2) is 0 Å². The highest BCUT2D eigenvalue weighted by Crippen LogP contribution is 2.36. The summed E-state index contributed by atoms with van der Waals surface area (Å²) < 4.78 is 5.50. The maximum atomic E-state index is 12.8. The third-order valence-electron chi connectivity index (χ3n) is 4.13. The second-order valence-corrected chi connectivity index (χ2v) is 5.49. The van der Waals surface area contributed by atoms with E-state index in [1.165, 1.54) is 0 Å².